The first kappa shape index (κ1) is 15.7. The van der Waals surface area contributed by atoms with Gasteiger partial charge in [0.15, 0.2) is 6.73 Å². The minimum Gasteiger partial charge on any atom is -0.473 e. The van der Waals surface area contributed by atoms with Gasteiger partial charge in [0.05, 0.1) is 0 Å². The molecular weight excluding hydrogens is 264 g/mol. The molecule has 2 atom stereocenters. The molecule has 4 heteroatoms. The highest BCUT2D eigenvalue weighted by molar-refractivity contribution is 5.74. The Morgan fingerprint density at radius 3 is 2.62 bits per heavy atom. The van der Waals surface area contributed by atoms with E-state index in [1.165, 1.54) is 6.42 Å². The van der Waals surface area contributed by atoms with Crippen molar-refractivity contribution >= 4 is 6.03 Å². The monoisotopic (exact) mass is 290 g/mol. The predicted molar refractivity (Wildman–Crippen MR) is 84.4 cm³/mol. The van der Waals surface area contributed by atoms with Gasteiger partial charge in [-0.2, -0.15) is 0 Å². The number of ether oxygens (including phenoxy) is 1. The Hall–Kier alpha value is -1.71. The molecule has 1 aromatic rings. The molecule has 1 aliphatic rings. The Morgan fingerprint density at radius 1 is 1.29 bits per heavy atom. The summed E-state index contributed by atoms with van der Waals surface area (Å²) in [4.78, 5) is 14.1. The standard InChI is InChI=1S/C17H26N2O2/c1-4-15-7-5-6-8-16(15)21-12-18-17(20)19-10-13(2)9-14(3)11-19/h5-8,13-14H,4,9-12H2,1-3H3,(H,18,20). The minimum atomic E-state index is -0.0256. The van der Waals surface area contributed by atoms with Crippen molar-refractivity contribution in [3.63, 3.8) is 0 Å². The van der Waals surface area contributed by atoms with E-state index in [9.17, 15) is 4.79 Å². The van der Waals surface area contributed by atoms with Gasteiger partial charge in [-0.05, 0) is 36.3 Å². The van der Waals surface area contributed by atoms with E-state index < -0.39 is 0 Å². The second kappa shape index (κ2) is 7.34. The summed E-state index contributed by atoms with van der Waals surface area (Å²) < 4.78 is 5.68. The normalized spacial score (nSPS) is 22.0. The van der Waals surface area contributed by atoms with Gasteiger partial charge < -0.3 is 15.0 Å². The molecule has 1 fully saturated rings. The molecule has 0 saturated carbocycles. The summed E-state index contributed by atoms with van der Waals surface area (Å²) in [5, 5.41) is 2.86. The van der Waals surface area contributed by atoms with Gasteiger partial charge in [-0.1, -0.05) is 39.0 Å². The maximum Gasteiger partial charge on any atom is 0.320 e. The van der Waals surface area contributed by atoms with Crippen LogP contribution in [0.15, 0.2) is 24.3 Å². The van der Waals surface area contributed by atoms with Gasteiger partial charge in [0.2, 0.25) is 0 Å². The third-order valence-electron chi connectivity index (χ3n) is 3.96. The van der Waals surface area contributed by atoms with Crippen molar-refractivity contribution in [2.75, 3.05) is 19.8 Å². The first-order valence-corrected chi connectivity index (χ1v) is 7.83. The lowest BCUT2D eigenvalue weighted by Crippen LogP contribution is -2.48. The second-order valence-corrected chi connectivity index (χ2v) is 6.08. The van der Waals surface area contributed by atoms with Gasteiger partial charge >= 0.3 is 6.03 Å². The Balaban J connectivity index is 1.81. The van der Waals surface area contributed by atoms with Gasteiger partial charge in [-0.25, -0.2) is 4.79 Å². The SMILES string of the molecule is CCc1ccccc1OCNC(=O)N1CC(C)CC(C)C1. The summed E-state index contributed by atoms with van der Waals surface area (Å²) in [5.74, 6) is 1.99. The smallest absolute Gasteiger partial charge is 0.320 e. The van der Waals surface area contributed by atoms with Gasteiger partial charge in [0, 0.05) is 13.1 Å². The molecule has 0 aromatic heterocycles. The Morgan fingerprint density at radius 2 is 1.95 bits per heavy atom. The lowest BCUT2D eigenvalue weighted by Gasteiger charge is -2.34. The molecule has 116 valence electrons. The first-order chi connectivity index (χ1) is 10.1. The summed E-state index contributed by atoms with van der Waals surface area (Å²) >= 11 is 0. The Labute approximate surface area is 127 Å². The lowest BCUT2D eigenvalue weighted by molar-refractivity contribution is 0.139. The summed E-state index contributed by atoms with van der Waals surface area (Å²) in [6.07, 6.45) is 2.12. The number of carbonyl (C=O) groups excluding carboxylic acids is 1. The maximum atomic E-state index is 12.2. The molecule has 1 saturated heterocycles. The van der Waals surface area contributed by atoms with E-state index >= 15 is 0 Å². The molecule has 1 heterocycles. The predicted octanol–water partition coefficient (Wildman–Crippen LogP) is 3.27. The molecule has 0 radical (unpaired) electrons. The number of nitrogens with one attached hydrogen (secondary N) is 1. The van der Waals surface area contributed by atoms with Crippen molar-refractivity contribution < 1.29 is 9.53 Å². The molecule has 0 spiro atoms. The molecule has 2 unspecified atom stereocenters. The number of benzene rings is 1. The summed E-state index contributed by atoms with van der Waals surface area (Å²) in [5.41, 5.74) is 1.16. The van der Waals surface area contributed by atoms with Crippen LogP contribution in [0.5, 0.6) is 5.75 Å². The van der Waals surface area contributed by atoms with Crippen LogP contribution in [0.3, 0.4) is 0 Å². The molecule has 0 aliphatic carbocycles. The average molecular weight is 290 g/mol. The van der Waals surface area contributed by atoms with Gasteiger partial charge in [0.1, 0.15) is 5.75 Å². The minimum absolute atomic E-state index is 0.0256. The summed E-state index contributed by atoms with van der Waals surface area (Å²) in [7, 11) is 0. The first-order valence-electron chi connectivity index (χ1n) is 7.83. The van der Waals surface area contributed by atoms with Crippen LogP contribution < -0.4 is 10.1 Å². The van der Waals surface area contributed by atoms with Crippen LogP contribution >= 0.6 is 0 Å². The lowest BCUT2D eigenvalue weighted by atomic mass is 9.92. The number of para-hydroxylation sites is 1. The third-order valence-corrected chi connectivity index (χ3v) is 3.96. The highest BCUT2D eigenvalue weighted by Gasteiger charge is 2.25. The van der Waals surface area contributed by atoms with Crippen molar-refractivity contribution in [2.45, 2.75) is 33.6 Å². The zero-order valence-electron chi connectivity index (χ0n) is 13.3. The van der Waals surface area contributed by atoms with Crippen molar-refractivity contribution in [2.24, 2.45) is 11.8 Å². The van der Waals surface area contributed by atoms with Crippen molar-refractivity contribution in [3.05, 3.63) is 29.8 Å². The van der Waals surface area contributed by atoms with E-state index in [4.69, 9.17) is 4.74 Å². The summed E-state index contributed by atoms with van der Waals surface area (Å²) in [6.45, 7) is 8.38. The van der Waals surface area contributed by atoms with Crippen LogP contribution in [-0.4, -0.2) is 30.8 Å². The van der Waals surface area contributed by atoms with Gasteiger partial charge in [0.25, 0.3) is 0 Å². The fraction of sp³-hybridized carbons (Fsp3) is 0.588. The molecule has 0 bridgehead atoms. The van der Waals surface area contributed by atoms with Crippen LogP contribution in [0.1, 0.15) is 32.8 Å². The van der Waals surface area contributed by atoms with E-state index in [0.717, 1.165) is 30.8 Å². The van der Waals surface area contributed by atoms with Gasteiger partial charge in [-0.3, -0.25) is 0 Å². The van der Waals surface area contributed by atoms with Crippen molar-refractivity contribution in [1.29, 1.82) is 0 Å². The quantitative estimate of drug-likeness (QED) is 0.865. The molecule has 1 aromatic carbocycles. The number of carbonyl (C=O) groups is 1. The molecule has 4 nitrogen and oxygen atoms in total. The number of aryl methyl sites for hydroxylation is 1. The molecule has 21 heavy (non-hydrogen) atoms. The second-order valence-electron chi connectivity index (χ2n) is 6.08. The van der Waals surface area contributed by atoms with Crippen LogP contribution in [0, 0.1) is 11.8 Å². The Bertz CT molecular complexity index is 466. The van der Waals surface area contributed by atoms with E-state index in [1.54, 1.807) is 0 Å². The average Bonchev–Trinajstić information content (AvgIpc) is 2.46. The number of likely N-dealkylation sites (tertiary alicyclic amines) is 1. The number of piperidine rings is 1. The topological polar surface area (TPSA) is 41.6 Å². The van der Waals surface area contributed by atoms with E-state index in [2.05, 4.69) is 26.1 Å². The van der Waals surface area contributed by atoms with Crippen LogP contribution in [0.4, 0.5) is 4.79 Å². The molecule has 1 aliphatic heterocycles. The molecule has 2 rings (SSSR count). The third kappa shape index (κ3) is 4.38. The van der Waals surface area contributed by atoms with Crippen LogP contribution in [0.2, 0.25) is 0 Å². The number of nitrogens with zero attached hydrogens (tertiary/aromatic N) is 1. The number of rotatable bonds is 4. The van der Waals surface area contributed by atoms with Crippen molar-refractivity contribution in [1.82, 2.24) is 10.2 Å². The largest absolute Gasteiger partial charge is 0.473 e. The molecule has 2 amide bonds. The summed E-state index contributed by atoms with van der Waals surface area (Å²) in [6, 6.07) is 7.91. The zero-order chi connectivity index (χ0) is 15.2. The van der Waals surface area contributed by atoms with Crippen LogP contribution in [0.25, 0.3) is 0 Å². The van der Waals surface area contributed by atoms with Crippen molar-refractivity contribution in [3.8, 4) is 5.75 Å². The zero-order valence-corrected chi connectivity index (χ0v) is 13.3. The van der Waals surface area contributed by atoms with Crippen LogP contribution in [-0.2, 0) is 6.42 Å². The van der Waals surface area contributed by atoms with E-state index in [0.29, 0.717) is 11.8 Å². The fourth-order valence-electron chi connectivity index (χ4n) is 3.05. The highest BCUT2D eigenvalue weighted by atomic mass is 16.5. The highest BCUT2D eigenvalue weighted by Crippen LogP contribution is 2.21. The van der Waals surface area contributed by atoms with Gasteiger partial charge in [-0.15, -0.1) is 0 Å². The number of hydrogen-bond acceptors (Lipinski definition) is 2. The Kier molecular flexibility index (Phi) is 5.48. The fourth-order valence-corrected chi connectivity index (χ4v) is 3.05. The molecular formula is C17H26N2O2. The number of amides is 2. The van der Waals surface area contributed by atoms with E-state index in [-0.39, 0.29) is 12.8 Å². The maximum absolute atomic E-state index is 12.2. The number of hydrogen-bond donors (Lipinski definition) is 1. The molecule has 1 N–H and O–H groups in total. The number of urea groups is 1. The van der Waals surface area contributed by atoms with E-state index in [1.807, 2.05) is 29.2 Å².